The third kappa shape index (κ3) is 4.48. The van der Waals surface area contributed by atoms with E-state index < -0.39 is 12.0 Å². The molecule has 1 atom stereocenters. The van der Waals surface area contributed by atoms with E-state index in [0.717, 1.165) is 5.56 Å². The molecule has 2 N–H and O–H groups in total. The number of nitrogens with one attached hydrogen (secondary N) is 1. The molecule has 0 aliphatic carbocycles. The molecular formula is C17H20N2O5S. The summed E-state index contributed by atoms with van der Waals surface area (Å²) in [6.07, 6.45) is -0.133. The Labute approximate surface area is 149 Å². The number of methoxy groups -OCH3 is 2. The number of hydrogen-bond acceptors (Lipinski definition) is 6. The monoisotopic (exact) mass is 364 g/mol. The summed E-state index contributed by atoms with van der Waals surface area (Å²) in [5.41, 5.74) is 1.40. The van der Waals surface area contributed by atoms with E-state index >= 15 is 0 Å². The summed E-state index contributed by atoms with van der Waals surface area (Å²) in [6, 6.07) is 4.95. The highest BCUT2D eigenvalue weighted by Gasteiger charge is 2.19. The fourth-order valence-corrected chi connectivity index (χ4v) is 3.27. The topological polar surface area (TPSA) is 97.8 Å². The van der Waals surface area contributed by atoms with Crippen LogP contribution in [0.5, 0.6) is 11.5 Å². The minimum Gasteiger partial charge on any atom is -0.493 e. The van der Waals surface area contributed by atoms with Gasteiger partial charge < -0.3 is 19.9 Å². The van der Waals surface area contributed by atoms with E-state index in [0.29, 0.717) is 27.1 Å². The first-order chi connectivity index (χ1) is 11.8. The lowest BCUT2D eigenvalue weighted by molar-refractivity contribution is -0.137. The summed E-state index contributed by atoms with van der Waals surface area (Å²) in [4.78, 5) is 28.0. The predicted molar refractivity (Wildman–Crippen MR) is 94.6 cm³/mol. The summed E-state index contributed by atoms with van der Waals surface area (Å²) in [6.45, 7) is 3.40. The van der Waals surface area contributed by atoms with Crippen LogP contribution in [-0.4, -0.2) is 42.2 Å². The molecule has 7 nitrogen and oxygen atoms in total. The third-order valence-corrected chi connectivity index (χ3v) is 4.70. The maximum atomic E-state index is 12.3. The van der Waals surface area contributed by atoms with Crippen molar-refractivity contribution in [2.24, 2.45) is 0 Å². The van der Waals surface area contributed by atoms with E-state index in [2.05, 4.69) is 10.3 Å². The number of carbonyl (C=O) groups excluding carboxylic acids is 1. The van der Waals surface area contributed by atoms with Gasteiger partial charge in [0.25, 0.3) is 5.91 Å². The van der Waals surface area contributed by atoms with E-state index in [1.807, 2.05) is 6.07 Å². The van der Waals surface area contributed by atoms with E-state index in [9.17, 15) is 9.59 Å². The molecule has 0 fully saturated rings. The lowest BCUT2D eigenvalue weighted by Gasteiger charge is -2.10. The van der Waals surface area contributed by atoms with Gasteiger partial charge >= 0.3 is 5.97 Å². The second-order valence-electron chi connectivity index (χ2n) is 5.48. The number of benzene rings is 1. The molecule has 0 saturated carbocycles. The van der Waals surface area contributed by atoms with Crippen molar-refractivity contribution in [3.05, 3.63) is 28.8 Å². The van der Waals surface area contributed by atoms with Gasteiger partial charge in [-0.15, -0.1) is 11.3 Å². The smallest absolute Gasteiger partial charge is 0.305 e. The number of thiazole rings is 1. The van der Waals surface area contributed by atoms with Crippen molar-refractivity contribution in [3.63, 3.8) is 0 Å². The highest BCUT2D eigenvalue weighted by atomic mass is 32.1. The van der Waals surface area contributed by atoms with Gasteiger partial charge in [-0.25, -0.2) is 4.98 Å². The lowest BCUT2D eigenvalue weighted by atomic mass is 10.2. The lowest BCUT2D eigenvalue weighted by Crippen LogP contribution is -2.34. The number of ether oxygens (including phenoxy) is 2. The van der Waals surface area contributed by atoms with E-state index in [4.69, 9.17) is 14.6 Å². The maximum absolute atomic E-state index is 12.3. The quantitative estimate of drug-likeness (QED) is 0.784. The molecule has 8 heteroatoms. The van der Waals surface area contributed by atoms with Crippen LogP contribution in [0.2, 0.25) is 0 Å². The van der Waals surface area contributed by atoms with Crippen molar-refractivity contribution >= 4 is 23.2 Å². The van der Waals surface area contributed by atoms with Gasteiger partial charge in [0, 0.05) is 11.6 Å². The van der Waals surface area contributed by atoms with Crippen LogP contribution < -0.4 is 14.8 Å². The number of rotatable bonds is 7. The molecular weight excluding hydrogens is 344 g/mol. The first-order valence-corrected chi connectivity index (χ1v) is 8.39. The number of carboxylic acid groups (broad SMARTS) is 1. The molecule has 1 amide bonds. The minimum absolute atomic E-state index is 0.133. The van der Waals surface area contributed by atoms with Crippen molar-refractivity contribution < 1.29 is 24.2 Å². The van der Waals surface area contributed by atoms with Crippen molar-refractivity contribution in [2.75, 3.05) is 14.2 Å². The van der Waals surface area contributed by atoms with E-state index in [1.165, 1.54) is 11.3 Å². The summed E-state index contributed by atoms with van der Waals surface area (Å²) in [7, 11) is 3.11. The Morgan fingerprint density at radius 2 is 1.96 bits per heavy atom. The van der Waals surface area contributed by atoms with Gasteiger partial charge in [-0.05, 0) is 32.0 Å². The van der Waals surface area contributed by atoms with E-state index in [-0.39, 0.29) is 12.3 Å². The molecule has 0 bridgehead atoms. The number of carboxylic acids is 1. The van der Waals surface area contributed by atoms with Crippen LogP contribution >= 0.6 is 11.3 Å². The molecule has 0 radical (unpaired) electrons. The zero-order valence-electron chi connectivity index (χ0n) is 14.5. The molecule has 134 valence electrons. The highest BCUT2D eigenvalue weighted by Crippen LogP contribution is 2.34. The zero-order chi connectivity index (χ0) is 18.6. The maximum Gasteiger partial charge on any atom is 0.305 e. The Morgan fingerprint density at radius 3 is 2.56 bits per heavy atom. The Morgan fingerprint density at radius 1 is 1.28 bits per heavy atom. The zero-order valence-corrected chi connectivity index (χ0v) is 15.3. The molecule has 0 aliphatic rings. The molecule has 1 unspecified atom stereocenters. The highest BCUT2D eigenvalue weighted by molar-refractivity contribution is 7.17. The molecule has 2 aromatic rings. The molecule has 0 aliphatic heterocycles. The van der Waals surface area contributed by atoms with Crippen molar-refractivity contribution in [3.8, 4) is 22.1 Å². The number of nitrogens with zero attached hydrogens (tertiary/aromatic N) is 1. The molecule has 0 saturated heterocycles. The van der Waals surface area contributed by atoms with Crippen LogP contribution in [0.1, 0.15) is 28.7 Å². The second-order valence-corrected chi connectivity index (χ2v) is 6.47. The van der Waals surface area contributed by atoms with Gasteiger partial charge in [0.2, 0.25) is 0 Å². The summed E-state index contributed by atoms with van der Waals surface area (Å²) in [5.74, 6) is -0.0933. The summed E-state index contributed by atoms with van der Waals surface area (Å²) >= 11 is 1.25. The molecule has 0 spiro atoms. The fourth-order valence-electron chi connectivity index (χ4n) is 2.30. The average molecular weight is 364 g/mol. The summed E-state index contributed by atoms with van der Waals surface area (Å²) < 4.78 is 10.5. The third-order valence-electron chi connectivity index (χ3n) is 3.49. The summed E-state index contributed by atoms with van der Waals surface area (Å²) in [5, 5.41) is 12.1. The van der Waals surface area contributed by atoms with Gasteiger partial charge in [-0.1, -0.05) is 0 Å². The average Bonchev–Trinajstić information content (AvgIpc) is 2.95. The normalized spacial score (nSPS) is 11.7. The number of amides is 1. The van der Waals surface area contributed by atoms with Gasteiger partial charge in [0.05, 0.1) is 26.3 Å². The SMILES string of the molecule is COc1ccc(-c2nc(C)c(C(=O)NC(C)CC(=O)O)s2)cc1OC. The van der Waals surface area contributed by atoms with Gasteiger partial charge in [-0.2, -0.15) is 0 Å². The van der Waals surface area contributed by atoms with Crippen LogP contribution in [-0.2, 0) is 4.79 Å². The van der Waals surface area contributed by atoms with Crippen LogP contribution in [0.4, 0.5) is 0 Å². The van der Waals surface area contributed by atoms with Crippen molar-refractivity contribution in [1.82, 2.24) is 10.3 Å². The van der Waals surface area contributed by atoms with Gasteiger partial charge in [0.15, 0.2) is 11.5 Å². The van der Waals surface area contributed by atoms with Crippen LogP contribution in [0.15, 0.2) is 18.2 Å². The first-order valence-electron chi connectivity index (χ1n) is 7.58. The number of hydrogen-bond donors (Lipinski definition) is 2. The van der Waals surface area contributed by atoms with Crippen molar-refractivity contribution in [2.45, 2.75) is 26.3 Å². The molecule has 1 aromatic heterocycles. The Hall–Kier alpha value is -2.61. The first kappa shape index (κ1) is 18.7. The van der Waals surface area contributed by atoms with Crippen LogP contribution in [0.25, 0.3) is 10.6 Å². The Balaban J connectivity index is 2.25. The van der Waals surface area contributed by atoms with Crippen molar-refractivity contribution in [1.29, 1.82) is 0 Å². The predicted octanol–water partition coefficient (Wildman–Crippen LogP) is 2.73. The minimum atomic E-state index is -0.958. The Bertz CT molecular complexity index is 787. The van der Waals surface area contributed by atoms with E-state index in [1.54, 1.807) is 40.2 Å². The Kier molecular flexibility index (Phi) is 5.97. The molecule has 2 rings (SSSR count). The second kappa shape index (κ2) is 7.98. The number of aryl methyl sites for hydroxylation is 1. The fraction of sp³-hybridized carbons (Fsp3) is 0.353. The largest absolute Gasteiger partial charge is 0.493 e. The number of carbonyl (C=O) groups is 2. The number of aromatic nitrogens is 1. The molecule has 1 aromatic carbocycles. The van der Waals surface area contributed by atoms with Crippen LogP contribution in [0.3, 0.4) is 0 Å². The van der Waals surface area contributed by atoms with Gasteiger partial charge in [0.1, 0.15) is 9.88 Å². The standard InChI is InChI=1S/C17H20N2O5S/c1-9(7-14(20)21)18-16(22)15-10(2)19-17(25-15)11-5-6-12(23-3)13(8-11)24-4/h5-6,8-9H,7H2,1-4H3,(H,18,22)(H,20,21). The molecule has 25 heavy (non-hydrogen) atoms. The van der Waals surface area contributed by atoms with Gasteiger partial charge in [-0.3, -0.25) is 9.59 Å². The number of aliphatic carboxylic acids is 1. The molecule has 1 heterocycles. The van der Waals surface area contributed by atoms with Crippen LogP contribution in [0, 0.1) is 6.92 Å².